The fraction of sp³-hybridized carbons (Fsp3) is 0.733. The van der Waals surface area contributed by atoms with Crippen LogP contribution in [0.4, 0.5) is 0 Å². The van der Waals surface area contributed by atoms with Crippen LogP contribution in [0.1, 0.15) is 86.0 Å². The molecule has 0 spiro atoms. The van der Waals surface area contributed by atoms with E-state index in [0.29, 0.717) is 35.1 Å². The van der Waals surface area contributed by atoms with Gasteiger partial charge in [-0.3, -0.25) is 0 Å². The first kappa shape index (κ1) is 26.5. The predicted octanol–water partition coefficient (Wildman–Crippen LogP) is 7.20. The zero-order valence-electron chi connectivity index (χ0n) is 22.3. The summed E-state index contributed by atoms with van der Waals surface area (Å²) < 4.78 is 0. The number of allylic oxidation sites excluding steroid dienone is 3. The molecule has 0 heterocycles. The van der Waals surface area contributed by atoms with Crippen LogP contribution in [0.25, 0.3) is 0 Å². The minimum Gasteiger partial charge on any atom is -0.393 e. The largest absolute Gasteiger partial charge is 0.393 e. The summed E-state index contributed by atoms with van der Waals surface area (Å²) in [6, 6.07) is 0. The zero-order valence-corrected chi connectivity index (χ0v) is 23.3. The molecular formula is C30H48O2Si. The van der Waals surface area contributed by atoms with Crippen molar-refractivity contribution < 1.29 is 10.2 Å². The lowest BCUT2D eigenvalue weighted by Gasteiger charge is -2.44. The number of aliphatic hydroxyl groups excluding tert-OH is 2. The highest BCUT2D eigenvalue weighted by Crippen LogP contribution is 2.59. The minimum absolute atomic E-state index is 0.320. The minimum atomic E-state index is -1.54. The summed E-state index contributed by atoms with van der Waals surface area (Å²) in [6.45, 7) is 20.9. The van der Waals surface area contributed by atoms with Crippen LogP contribution < -0.4 is 0 Å². The summed E-state index contributed by atoms with van der Waals surface area (Å²) in [5.74, 6) is 5.67. The van der Waals surface area contributed by atoms with Crippen molar-refractivity contribution in [2.24, 2.45) is 23.2 Å². The molecule has 0 bridgehead atoms. The average Bonchev–Trinajstić information content (AvgIpc) is 3.06. The summed E-state index contributed by atoms with van der Waals surface area (Å²) in [5.41, 5.74) is 7.47. The second-order valence-electron chi connectivity index (χ2n) is 13.0. The Morgan fingerprint density at radius 3 is 2.58 bits per heavy atom. The third kappa shape index (κ3) is 5.60. The summed E-state index contributed by atoms with van der Waals surface area (Å²) in [6.07, 6.45) is 11.8. The van der Waals surface area contributed by atoms with Crippen molar-refractivity contribution in [1.29, 1.82) is 0 Å². The van der Waals surface area contributed by atoms with Gasteiger partial charge < -0.3 is 10.2 Å². The third-order valence-electron chi connectivity index (χ3n) is 9.69. The first-order chi connectivity index (χ1) is 15.3. The Morgan fingerprint density at radius 2 is 1.91 bits per heavy atom. The molecule has 3 aliphatic rings. The molecular weight excluding hydrogens is 420 g/mol. The van der Waals surface area contributed by atoms with Gasteiger partial charge in [-0.05, 0) is 77.9 Å². The van der Waals surface area contributed by atoms with Gasteiger partial charge in [-0.1, -0.05) is 72.0 Å². The average molecular weight is 469 g/mol. The standard InChI is InChI=1S/C30H48O2Si/c1-21(11-10-18-33(7,8)29(3,4)5)26-15-16-27-23(12-9-17-30(26,27)6)13-14-24-19-25(31)20-28(32)22(24)2/h13-14,21,25-28,31-32H,2,9,11-12,15-17,19-20H2,1,3-8H3/b23-13+,24-14-/t21-,25-,26-,27+,28+,30-/m1/s1. The Labute approximate surface area is 204 Å². The molecule has 0 unspecified atom stereocenters. The van der Waals surface area contributed by atoms with Gasteiger partial charge in [0, 0.05) is 12.8 Å². The predicted molar refractivity (Wildman–Crippen MR) is 143 cm³/mol. The zero-order chi connectivity index (χ0) is 24.6. The number of aliphatic hydroxyl groups is 2. The SMILES string of the molecule is C=C1/C(=C\C=C2/CCC[C@]3(C)[C@@H]([C@H](C)CC#C[Si](C)(C)C(C)(C)C)CC[C@@H]23)C[C@@H](O)C[C@@H]1O. The maximum Gasteiger partial charge on any atom is 0.137 e. The Balaban J connectivity index is 1.74. The van der Waals surface area contributed by atoms with E-state index in [2.05, 4.69) is 77.9 Å². The van der Waals surface area contributed by atoms with Crippen molar-refractivity contribution in [3.63, 3.8) is 0 Å². The van der Waals surface area contributed by atoms with E-state index in [-0.39, 0.29) is 0 Å². The smallest absolute Gasteiger partial charge is 0.137 e. The van der Waals surface area contributed by atoms with Gasteiger partial charge in [0.15, 0.2) is 0 Å². The van der Waals surface area contributed by atoms with Crippen LogP contribution in [0.2, 0.25) is 18.1 Å². The van der Waals surface area contributed by atoms with E-state index in [4.69, 9.17) is 0 Å². The molecule has 3 fully saturated rings. The molecule has 2 nitrogen and oxygen atoms in total. The summed E-state index contributed by atoms with van der Waals surface area (Å²) in [5, 5.41) is 20.6. The highest BCUT2D eigenvalue weighted by Gasteiger charge is 2.50. The molecule has 33 heavy (non-hydrogen) atoms. The molecule has 3 heteroatoms. The van der Waals surface area contributed by atoms with E-state index in [9.17, 15) is 10.2 Å². The Bertz CT molecular complexity index is 862. The van der Waals surface area contributed by atoms with E-state index in [1.807, 2.05) is 0 Å². The topological polar surface area (TPSA) is 40.5 Å². The number of hydrogen-bond acceptors (Lipinski definition) is 2. The van der Waals surface area contributed by atoms with Crippen molar-refractivity contribution in [3.05, 3.63) is 35.5 Å². The van der Waals surface area contributed by atoms with Crippen molar-refractivity contribution >= 4 is 8.07 Å². The first-order valence-corrected chi connectivity index (χ1v) is 16.2. The third-order valence-corrected chi connectivity index (χ3v) is 14.2. The quantitative estimate of drug-likeness (QED) is 0.339. The van der Waals surface area contributed by atoms with Gasteiger partial charge in [0.2, 0.25) is 0 Å². The van der Waals surface area contributed by atoms with E-state index in [1.54, 1.807) is 5.57 Å². The lowest BCUT2D eigenvalue weighted by molar-refractivity contribution is 0.0862. The molecule has 0 amide bonds. The van der Waals surface area contributed by atoms with E-state index in [0.717, 1.165) is 23.5 Å². The first-order valence-electron chi connectivity index (χ1n) is 13.2. The molecule has 3 saturated carbocycles. The lowest BCUT2D eigenvalue weighted by atomic mass is 9.61. The Kier molecular flexibility index (Phi) is 7.94. The molecule has 3 aliphatic carbocycles. The maximum absolute atomic E-state index is 10.2. The second-order valence-corrected chi connectivity index (χ2v) is 18.0. The summed E-state index contributed by atoms with van der Waals surface area (Å²) in [7, 11) is -1.54. The van der Waals surface area contributed by atoms with Crippen molar-refractivity contribution in [3.8, 4) is 11.5 Å². The monoisotopic (exact) mass is 468 g/mol. The van der Waals surface area contributed by atoms with Gasteiger partial charge in [0.1, 0.15) is 8.07 Å². The fourth-order valence-corrected chi connectivity index (χ4v) is 7.36. The van der Waals surface area contributed by atoms with E-state index >= 15 is 0 Å². The van der Waals surface area contributed by atoms with Crippen LogP contribution in [0.15, 0.2) is 35.5 Å². The fourth-order valence-electron chi connectivity index (χ4n) is 6.44. The van der Waals surface area contributed by atoms with E-state index in [1.165, 1.54) is 32.1 Å². The van der Waals surface area contributed by atoms with Crippen LogP contribution in [-0.2, 0) is 0 Å². The normalized spacial score (nSPS) is 36.5. The number of fused-ring (bicyclic) bond motifs is 1. The van der Waals surface area contributed by atoms with Gasteiger partial charge in [0.25, 0.3) is 0 Å². The summed E-state index contributed by atoms with van der Waals surface area (Å²) in [4.78, 5) is 0. The molecule has 0 saturated heterocycles. The highest BCUT2D eigenvalue weighted by molar-refractivity contribution is 6.87. The van der Waals surface area contributed by atoms with Crippen LogP contribution >= 0.6 is 0 Å². The van der Waals surface area contributed by atoms with Gasteiger partial charge in [-0.25, -0.2) is 0 Å². The number of rotatable bonds is 3. The molecule has 0 aromatic rings. The molecule has 0 aliphatic heterocycles. The van der Waals surface area contributed by atoms with Crippen LogP contribution in [0, 0.1) is 34.6 Å². The van der Waals surface area contributed by atoms with Crippen LogP contribution in [0.5, 0.6) is 0 Å². The van der Waals surface area contributed by atoms with Gasteiger partial charge in [0.05, 0.1) is 12.2 Å². The molecule has 0 radical (unpaired) electrons. The van der Waals surface area contributed by atoms with Crippen LogP contribution in [-0.4, -0.2) is 30.5 Å². The molecule has 2 N–H and O–H groups in total. The summed E-state index contributed by atoms with van der Waals surface area (Å²) >= 11 is 0. The number of hydrogen-bond donors (Lipinski definition) is 2. The van der Waals surface area contributed by atoms with Gasteiger partial charge in [-0.2, -0.15) is 0 Å². The van der Waals surface area contributed by atoms with Gasteiger partial charge in [-0.15, -0.1) is 11.5 Å². The molecule has 0 aromatic heterocycles. The lowest BCUT2D eigenvalue weighted by Crippen LogP contribution is -2.36. The Hall–Kier alpha value is -1.08. The maximum atomic E-state index is 10.2. The van der Waals surface area contributed by atoms with E-state index < -0.39 is 20.3 Å². The molecule has 6 atom stereocenters. The van der Waals surface area contributed by atoms with Crippen molar-refractivity contribution in [2.75, 3.05) is 0 Å². The second kappa shape index (κ2) is 9.88. The molecule has 3 rings (SSSR count). The van der Waals surface area contributed by atoms with Crippen molar-refractivity contribution in [1.82, 2.24) is 0 Å². The Morgan fingerprint density at radius 1 is 1.21 bits per heavy atom. The van der Waals surface area contributed by atoms with Crippen LogP contribution in [0.3, 0.4) is 0 Å². The highest BCUT2D eigenvalue weighted by atomic mass is 28.3. The molecule has 184 valence electrons. The van der Waals surface area contributed by atoms with Crippen molar-refractivity contribution in [2.45, 2.75) is 116 Å². The molecule has 0 aromatic carbocycles. The van der Waals surface area contributed by atoms with Gasteiger partial charge >= 0.3 is 0 Å².